The summed E-state index contributed by atoms with van der Waals surface area (Å²) in [7, 11) is 0. The second-order valence-corrected chi connectivity index (χ2v) is 7.48. The first-order valence-corrected chi connectivity index (χ1v) is 9.49. The summed E-state index contributed by atoms with van der Waals surface area (Å²) in [6.07, 6.45) is 4.60. The van der Waals surface area contributed by atoms with Crippen LogP contribution in [0.5, 0.6) is 0 Å². The lowest BCUT2D eigenvalue weighted by Gasteiger charge is -2.22. The molecule has 4 rings (SSSR count). The van der Waals surface area contributed by atoms with Gasteiger partial charge < -0.3 is 5.32 Å². The summed E-state index contributed by atoms with van der Waals surface area (Å²) >= 11 is 0. The van der Waals surface area contributed by atoms with E-state index >= 15 is 0 Å². The molecule has 3 amide bonds. The predicted molar refractivity (Wildman–Crippen MR) is 108 cm³/mol. The zero-order valence-electron chi connectivity index (χ0n) is 15.9. The molecular formula is C23H22N2O3. The van der Waals surface area contributed by atoms with Crippen LogP contribution in [-0.2, 0) is 9.59 Å². The highest BCUT2D eigenvalue weighted by Crippen LogP contribution is 2.40. The first-order valence-electron chi connectivity index (χ1n) is 9.49. The third-order valence-corrected chi connectivity index (χ3v) is 5.65. The smallest absolute Gasteiger partial charge is 0.255 e. The summed E-state index contributed by atoms with van der Waals surface area (Å²) in [5.41, 5.74) is 2.72. The third kappa shape index (κ3) is 3.03. The Bertz CT molecular complexity index is 978. The highest BCUT2D eigenvalue weighted by atomic mass is 16.2. The number of carbonyl (C=O) groups is 3. The number of nitrogens with one attached hydrogen (secondary N) is 1. The number of carbonyl (C=O) groups excluding carboxylic acids is 3. The number of imide groups is 1. The molecule has 0 unspecified atom stereocenters. The molecule has 142 valence electrons. The van der Waals surface area contributed by atoms with Crippen molar-refractivity contribution in [3.05, 3.63) is 71.8 Å². The SMILES string of the molecule is Cc1ccccc1NC(=O)c1ccc(N2C(=O)[C@H]3[C@H](C)C=CC[C@@H]3C2=O)cc1. The van der Waals surface area contributed by atoms with Gasteiger partial charge in [0.15, 0.2) is 0 Å². The van der Waals surface area contributed by atoms with Crippen LogP contribution in [0.2, 0.25) is 0 Å². The van der Waals surface area contributed by atoms with Gasteiger partial charge in [0.05, 0.1) is 17.5 Å². The van der Waals surface area contributed by atoms with Crippen LogP contribution in [0.4, 0.5) is 11.4 Å². The minimum atomic E-state index is -0.290. The molecule has 1 fully saturated rings. The van der Waals surface area contributed by atoms with Crippen molar-refractivity contribution in [2.24, 2.45) is 17.8 Å². The van der Waals surface area contributed by atoms with Crippen LogP contribution in [0.1, 0.15) is 29.3 Å². The van der Waals surface area contributed by atoms with E-state index in [-0.39, 0.29) is 35.5 Å². The van der Waals surface area contributed by atoms with Gasteiger partial charge in [-0.05, 0) is 55.2 Å². The van der Waals surface area contributed by atoms with E-state index in [0.29, 0.717) is 17.7 Å². The lowest BCUT2D eigenvalue weighted by Crippen LogP contribution is -2.31. The number of anilines is 2. The van der Waals surface area contributed by atoms with E-state index in [0.717, 1.165) is 11.3 Å². The van der Waals surface area contributed by atoms with Gasteiger partial charge in [0.1, 0.15) is 0 Å². The Morgan fingerprint density at radius 3 is 2.43 bits per heavy atom. The molecule has 1 saturated heterocycles. The van der Waals surface area contributed by atoms with Gasteiger partial charge >= 0.3 is 0 Å². The van der Waals surface area contributed by atoms with Crippen LogP contribution in [0, 0.1) is 24.7 Å². The normalized spacial score (nSPS) is 23.6. The van der Waals surface area contributed by atoms with E-state index in [4.69, 9.17) is 0 Å². The average molecular weight is 374 g/mol. The Morgan fingerprint density at radius 1 is 1.04 bits per heavy atom. The number of fused-ring (bicyclic) bond motifs is 1. The second-order valence-electron chi connectivity index (χ2n) is 7.48. The summed E-state index contributed by atoms with van der Waals surface area (Å²) in [5.74, 6) is -1.05. The van der Waals surface area contributed by atoms with Gasteiger partial charge in [-0.1, -0.05) is 37.3 Å². The van der Waals surface area contributed by atoms with Crippen molar-refractivity contribution >= 4 is 29.1 Å². The van der Waals surface area contributed by atoms with Crippen molar-refractivity contribution in [1.82, 2.24) is 0 Å². The lowest BCUT2D eigenvalue weighted by atomic mass is 9.78. The van der Waals surface area contributed by atoms with Crippen LogP contribution in [0.3, 0.4) is 0 Å². The second kappa shape index (κ2) is 7.08. The lowest BCUT2D eigenvalue weighted by molar-refractivity contribution is -0.122. The predicted octanol–water partition coefficient (Wildman–Crippen LogP) is 3.95. The summed E-state index contributed by atoms with van der Waals surface area (Å²) in [4.78, 5) is 39.4. The van der Waals surface area contributed by atoms with Crippen LogP contribution >= 0.6 is 0 Å². The van der Waals surface area contributed by atoms with Crippen molar-refractivity contribution in [3.8, 4) is 0 Å². The topological polar surface area (TPSA) is 66.5 Å². The van der Waals surface area contributed by atoms with E-state index in [2.05, 4.69) is 5.32 Å². The first kappa shape index (κ1) is 18.2. The molecule has 1 aliphatic heterocycles. The van der Waals surface area contributed by atoms with Gasteiger partial charge in [0.25, 0.3) is 5.91 Å². The fraction of sp³-hybridized carbons (Fsp3) is 0.261. The van der Waals surface area contributed by atoms with E-state index in [9.17, 15) is 14.4 Å². The van der Waals surface area contributed by atoms with Crippen molar-refractivity contribution in [2.75, 3.05) is 10.2 Å². The molecule has 0 spiro atoms. The van der Waals surface area contributed by atoms with E-state index in [1.807, 2.05) is 50.3 Å². The summed E-state index contributed by atoms with van der Waals surface area (Å²) in [6, 6.07) is 14.2. The van der Waals surface area contributed by atoms with E-state index in [1.54, 1.807) is 24.3 Å². The number of allylic oxidation sites excluding steroid dienone is 2. The number of amides is 3. The molecule has 2 aliphatic rings. The van der Waals surface area contributed by atoms with Gasteiger partial charge in [-0.2, -0.15) is 0 Å². The van der Waals surface area contributed by atoms with Crippen molar-refractivity contribution in [1.29, 1.82) is 0 Å². The van der Waals surface area contributed by atoms with Crippen LogP contribution in [-0.4, -0.2) is 17.7 Å². The number of benzene rings is 2. The number of nitrogens with zero attached hydrogens (tertiary/aromatic N) is 1. The molecular weight excluding hydrogens is 352 g/mol. The number of rotatable bonds is 3. The summed E-state index contributed by atoms with van der Waals surface area (Å²) in [6.45, 7) is 3.90. The zero-order valence-corrected chi connectivity index (χ0v) is 15.9. The number of aryl methyl sites for hydroxylation is 1. The Kier molecular flexibility index (Phi) is 4.59. The fourth-order valence-corrected chi connectivity index (χ4v) is 4.07. The Morgan fingerprint density at radius 2 is 1.75 bits per heavy atom. The maximum absolute atomic E-state index is 12.9. The molecule has 28 heavy (non-hydrogen) atoms. The molecule has 0 bridgehead atoms. The Hall–Kier alpha value is -3.21. The number of hydrogen-bond acceptors (Lipinski definition) is 3. The summed E-state index contributed by atoms with van der Waals surface area (Å²) in [5, 5.41) is 2.88. The average Bonchev–Trinajstić information content (AvgIpc) is 2.95. The zero-order chi connectivity index (χ0) is 19.8. The maximum atomic E-state index is 12.9. The molecule has 3 atom stereocenters. The van der Waals surface area contributed by atoms with Crippen molar-refractivity contribution < 1.29 is 14.4 Å². The van der Waals surface area contributed by atoms with Gasteiger partial charge in [-0.25, -0.2) is 0 Å². The van der Waals surface area contributed by atoms with Crippen LogP contribution < -0.4 is 10.2 Å². The minimum Gasteiger partial charge on any atom is -0.322 e. The molecule has 5 nitrogen and oxygen atoms in total. The fourth-order valence-electron chi connectivity index (χ4n) is 4.07. The molecule has 2 aromatic rings. The minimum absolute atomic E-state index is 0.0550. The first-order chi connectivity index (χ1) is 13.5. The van der Waals surface area contributed by atoms with Crippen molar-refractivity contribution in [2.45, 2.75) is 20.3 Å². The highest BCUT2D eigenvalue weighted by Gasteiger charge is 2.50. The largest absolute Gasteiger partial charge is 0.322 e. The molecule has 1 N–H and O–H groups in total. The molecule has 1 aliphatic carbocycles. The molecule has 0 aromatic heterocycles. The molecule has 5 heteroatoms. The monoisotopic (exact) mass is 374 g/mol. The molecule has 0 saturated carbocycles. The van der Waals surface area contributed by atoms with Crippen LogP contribution in [0.15, 0.2) is 60.7 Å². The molecule has 2 aromatic carbocycles. The molecule has 1 heterocycles. The van der Waals surface area contributed by atoms with Crippen LogP contribution in [0.25, 0.3) is 0 Å². The highest BCUT2D eigenvalue weighted by molar-refractivity contribution is 6.22. The number of para-hydroxylation sites is 1. The van der Waals surface area contributed by atoms with Gasteiger partial charge in [0, 0.05) is 11.3 Å². The standard InChI is InChI=1S/C23H22N2O3/c1-14-6-3-4-9-19(14)24-21(26)16-10-12-17(13-11-16)25-22(27)18-8-5-7-15(2)20(18)23(25)28/h3-7,9-13,15,18,20H,8H2,1-2H3,(H,24,26)/t15-,18+,20+/m1/s1. The van der Waals surface area contributed by atoms with Crippen molar-refractivity contribution in [3.63, 3.8) is 0 Å². The Labute approximate surface area is 164 Å². The van der Waals surface area contributed by atoms with E-state index < -0.39 is 0 Å². The Balaban J connectivity index is 1.54. The third-order valence-electron chi connectivity index (χ3n) is 5.65. The van der Waals surface area contributed by atoms with Gasteiger partial charge in [-0.3, -0.25) is 19.3 Å². The quantitative estimate of drug-likeness (QED) is 0.653. The summed E-state index contributed by atoms with van der Waals surface area (Å²) < 4.78 is 0. The molecule has 0 radical (unpaired) electrons. The van der Waals surface area contributed by atoms with Gasteiger partial charge in [0.2, 0.25) is 11.8 Å². The number of hydrogen-bond donors (Lipinski definition) is 1. The van der Waals surface area contributed by atoms with Gasteiger partial charge in [-0.15, -0.1) is 0 Å². The maximum Gasteiger partial charge on any atom is 0.255 e. The van der Waals surface area contributed by atoms with E-state index in [1.165, 1.54) is 4.90 Å².